The summed E-state index contributed by atoms with van der Waals surface area (Å²) in [5, 5.41) is 3.66. The van der Waals surface area contributed by atoms with Crippen LogP contribution in [-0.4, -0.2) is 24.6 Å². The van der Waals surface area contributed by atoms with Crippen molar-refractivity contribution >= 4 is 31.6 Å². The van der Waals surface area contributed by atoms with Gasteiger partial charge in [0.05, 0.1) is 16.4 Å². The van der Waals surface area contributed by atoms with E-state index in [1.165, 1.54) is 19.3 Å². The molecule has 1 heterocycles. The summed E-state index contributed by atoms with van der Waals surface area (Å²) in [5.74, 6) is -0.476. The SMILES string of the molecule is Cn1nccc1S(=O)(=O)Nc1ccc(OC(F)(F)F)c(Br)c1. The van der Waals surface area contributed by atoms with Crippen molar-refractivity contribution in [2.75, 3.05) is 4.72 Å². The first-order valence-electron chi connectivity index (χ1n) is 5.64. The topological polar surface area (TPSA) is 73.2 Å². The standard InChI is InChI=1S/C11H9BrF3N3O3S/c1-18-10(4-5-16-18)22(19,20)17-7-2-3-9(8(12)6-7)21-11(13,14)15/h2-6,17H,1H3. The average Bonchev–Trinajstić information content (AvgIpc) is 2.78. The number of hydrogen-bond acceptors (Lipinski definition) is 4. The van der Waals surface area contributed by atoms with Gasteiger partial charge in [0, 0.05) is 7.05 Å². The van der Waals surface area contributed by atoms with Crippen LogP contribution in [0.2, 0.25) is 0 Å². The van der Waals surface area contributed by atoms with E-state index in [2.05, 4.69) is 30.5 Å². The molecule has 120 valence electrons. The minimum atomic E-state index is -4.84. The van der Waals surface area contributed by atoms with Crippen molar-refractivity contribution in [1.29, 1.82) is 0 Å². The molecule has 0 spiro atoms. The van der Waals surface area contributed by atoms with Crippen LogP contribution >= 0.6 is 15.9 Å². The minimum absolute atomic E-state index is 0.0463. The number of halogens is 4. The molecule has 0 saturated carbocycles. The highest BCUT2D eigenvalue weighted by Crippen LogP contribution is 2.33. The number of aryl methyl sites for hydroxylation is 1. The van der Waals surface area contributed by atoms with Crippen molar-refractivity contribution in [2.45, 2.75) is 11.4 Å². The number of sulfonamides is 1. The van der Waals surface area contributed by atoms with Crippen molar-refractivity contribution in [2.24, 2.45) is 7.05 Å². The second-order valence-electron chi connectivity index (χ2n) is 4.09. The molecule has 22 heavy (non-hydrogen) atoms. The van der Waals surface area contributed by atoms with Crippen LogP contribution in [0.5, 0.6) is 5.75 Å². The van der Waals surface area contributed by atoms with E-state index in [-0.39, 0.29) is 15.2 Å². The molecule has 2 aromatic rings. The molecule has 0 amide bonds. The Hall–Kier alpha value is -1.75. The van der Waals surface area contributed by atoms with Crippen molar-refractivity contribution in [3.8, 4) is 5.75 Å². The van der Waals surface area contributed by atoms with Gasteiger partial charge in [0.1, 0.15) is 5.75 Å². The van der Waals surface area contributed by atoms with Crippen LogP contribution < -0.4 is 9.46 Å². The molecule has 6 nitrogen and oxygen atoms in total. The third-order valence-electron chi connectivity index (χ3n) is 2.46. The van der Waals surface area contributed by atoms with E-state index in [1.54, 1.807) is 0 Å². The molecule has 0 fully saturated rings. The summed E-state index contributed by atoms with van der Waals surface area (Å²) in [6, 6.07) is 4.60. The smallest absolute Gasteiger partial charge is 0.405 e. The summed E-state index contributed by atoms with van der Waals surface area (Å²) >= 11 is 2.89. The fourth-order valence-corrected chi connectivity index (χ4v) is 3.24. The minimum Gasteiger partial charge on any atom is -0.405 e. The number of hydrogen-bond donors (Lipinski definition) is 1. The van der Waals surface area contributed by atoms with Crippen molar-refractivity contribution in [3.05, 3.63) is 34.9 Å². The lowest BCUT2D eigenvalue weighted by molar-refractivity contribution is -0.274. The van der Waals surface area contributed by atoms with Gasteiger partial charge in [0.15, 0.2) is 5.03 Å². The summed E-state index contributed by atoms with van der Waals surface area (Å²) in [5.41, 5.74) is 0.0719. The van der Waals surface area contributed by atoms with E-state index in [9.17, 15) is 21.6 Å². The Morgan fingerprint density at radius 1 is 1.32 bits per heavy atom. The fourth-order valence-electron chi connectivity index (χ4n) is 1.60. The van der Waals surface area contributed by atoms with Crippen molar-refractivity contribution in [3.63, 3.8) is 0 Å². The van der Waals surface area contributed by atoms with E-state index in [0.717, 1.165) is 22.9 Å². The van der Waals surface area contributed by atoms with Gasteiger partial charge < -0.3 is 4.74 Å². The largest absolute Gasteiger partial charge is 0.573 e. The lowest BCUT2D eigenvalue weighted by Crippen LogP contribution is -2.18. The molecule has 0 radical (unpaired) electrons. The summed E-state index contributed by atoms with van der Waals surface area (Å²) in [7, 11) is -2.45. The van der Waals surface area contributed by atoms with Gasteiger partial charge in [-0.2, -0.15) is 13.5 Å². The van der Waals surface area contributed by atoms with Crippen LogP contribution in [0.25, 0.3) is 0 Å². The maximum Gasteiger partial charge on any atom is 0.573 e. The highest BCUT2D eigenvalue weighted by Gasteiger charge is 2.32. The van der Waals surface area contributed by atoms with Gasteiger partial charge in [-0.15, -0.1) is 13.2 Å². The number of anilines is 1. The zero-order chi connectivity index (χ0) is 16.5. The van der Waals surface area contributed by atoms with Gasteiger partial charge in [-0.25, -0.2) is 0 Å². The molecule has 0 aliphatic carbocycles. The summed E-state index contributed by atoms with van der Waals surface area (Å²) in [4.78, 5) is 0. The highest BCUT2D eigenvalue weighted by molar-refractivity contribution is 9.10. The summed E-state index contributed by atoms with van der Waals surface area (Å²) < 4.78 is 67.8. The van der Waals surface area contributed by atoms with Gasteiger partial charge in [-0.1, -0.05) is 0 Å². The van der Waals surface area contributed by atoms with E-state index in [1.807, 2.05) is 0 Å². The lowest BCUT2D eigenvalue weighted by atomic mass is 10.3. The van der Waals surface area contributed by atoms with Gasteiger partial charge in [-0.05, 0) is 40.2 Å². The first kappa shape index (κ1) is 16.6. The quantitative estimate of drug-likeness (QED) is 0.857. The average molecular weight is 400 g/mol. The summed E-state index contributed by atoms with van der Waals surface area (Å²) in [6.07, 6.45) is -3.52. The number of nitrogens with zero attached hydrogens (tertiary/aromatic N) is 2. The maximum absolute atomic E-state index is 12.2. The fraction of sp³-hybridized carbons (Fsp3) is 0.182. The number of aromatic nitrogens is 2. The molecule has 0 bridgehead atoms. The molecule has 0 aliphatic heterocycles. The number of nitrogens with one attached hydrogen (secondary N) is 1. The Kier molecular flexibility index (Phi) is 4.38. The summed E-state index contributed by atoms with van der Waals surface area (Å²) in [6.45, 7) is 0. The second kappa shape index (κ2) is 5.80. The highest BCUT2D eigenvalue weighted by atomic mass is 79.9. The van der Waals surface area contributed by atoms with E-state index >= 15 is 0 Å². The molecule has 2 rings (SSSR count). The van der Waals surface area contributed by atoms with Gasteiger partial charge in [0.2, 0.25) is 0 Å². The number of benzene rings is 1. The van der Waals surface area contributed by atoms with E-state index in [4.69, 9.17) is 0 Å². The van der Waals surface area contributed by atoms with Crippen LogP contribution in [0.3, 0.4) is 0 Å². The van der Waals surface area contributed by atoms with Crippen LogP contribution in [0, 0.1) is 0 Å². The number of rotatable bonds is 4. The molecule has 0 unspecified atom stereocenters. The van der Waals surface area contributed by atoms with Crippen LogP contribution in [0.1, 0.15) is 0 Å². The first-order valence-corrected chi connectivity index (χ1v) is 7.92. The van der Waals surface area contributed by atoms with Gasteiger partial charge >= 0.3 is 6.36 Å². The maximum atomic E-state index is 12.2. The predicted octanol–water partition coefficient (Wildman–Crippen LogP) is 2.88. The predicted molar refractivity (Wildman–Crippen MR) is 74.8 cm³/mol. The first-order chi connectivity index (χ1) is 10.1. The molecule has 0 aliphatic rings. The molecule has 1 aromatic carbocycles. The Morgan fingerprint density at radius 3 is 2.50 bits per heavy atom. The lowest BCUT2D eigenvalue weighted by Gasteiger charge is -2.12. The molecule has 1 aromatic heterocycles. The zero-order valence-corrected chi connectivity index (χ0v) is 13.3. The monoisotopic (exact) mass is 399 g/mol. The number of ether oxygens (including phenoxy) is 1. The van der Waals surface area contributed by atoms with Gasteiger partial charge in [0.25, 0.3) is 10.0 Å². The Labute approximate surface area is 132 Å². The van der Waals surface area contributed by atoms with E-state index in [0.29, 0.717) is 0 Å². The second-order valence-corrected chi connectivity index (χ2v) is 6.58. The molecule has 0 atom stereocenters. The van der Waals surface area contributed by atoms with Crippen molar-refractivity contribution < 1.29 is 26.3 Å². The van der Waals surface area contributed by atoms with Crippen LogP contribution in [0.15, 0.2) is 40.0 Å². The number of alkyl halides is 3. The normalized spacial score (nSPS) is 12.2. The van der Waals surface area contributed by atoms with E-state index < -0.39 is 22.1 Å². The molecule has 11 heteroatoms. The van der Waals surface area contributed by atoms with Crippen LogP contribution in [0.4, 0.5) is 18.9 Å². The molecular formula is C11H9BrF3N3O3S. The van der Waals surface area contributed by atoms with Crippen molar-refractivity contribution in [1.82, 2.24) is 9.78 Å². The Balaban J connectivity index is 2.25. The Bertz CT molecular complexity index is 789. The third kappa shape index (κ3) is 3.91. The molecule has 1 N–H and O–H groups in total. The van der Waals surface area contributed by atoms with Gasteiger partial charge in [-0.3, -0.25) is 9.40 Å². The third-order valence-corrected chi connectivity index (χ3v) is 4.54. The zero-order valence-electron chi connectivity index (χ0n) is 10.9. The van der Waals surface area contributed by atoms with Crippen LogP contribution in [-0.2, 0) is 17.1 Å². The molecule has 0 saturated heterocycles. The molecular weight excluding hydrogens is 391 g/mol. The Morgan fingerprint density at radius 2 is 2.00 bits per heavy atom.